The lowest BCUT2D eigenvalue weighted by Gasteiger charge is -2.07. The van der Waals surface area contributed by atoms with E-state index in [2.05, 4.69) is 26.3 Å². The fourth-order valence-corrected chi connectivity index (χ4v) is 2.59. The number of hydrogen-bond acceptors (Lipinski definition) is 5. The number of hydrazine groups is 1. The summed E-state index contributed by atoms with van der Waals surface area (Å²) in [4.78, 5) is 4.86. The summed E-state index contributed by atoms with van der Waals surface area (Å²) in [6.07, 6.45) is 1.64. The molecule has 8 heteroatoms. The summed E-state index contributed by atoms with van der Waals surface area (Å²) in [5, 5.41) is 0.636. The molecule has 0 spiro atoms. The van der Waals surface area contributed by atoms with E-state index < -0.39 is 5.82 Å². The van der Waals surface area contributed by atoms with Crippen LogP contribution in [-0.2, 0) is 6.61 Å². The number of aromatic nitrogens is 1. The standard InChI is InChI=1S/C10H8BrClFN3OS/c11-6-1-7(12)8(13)2-9(6)17-4-5-3-15-10(16-14)18-5/h1-3H,4,14H2,(H,15,16). The lowest BCUT2D eigenvalue weighted by atomic mass is 10.3. The SMILES string of the molecule is NNc1ncc(COc2cc(F)c(Cl)cc2Br)s1. The molecule has 0 atom stereocenters. The van der Waals surface area contributed by atoms with Gasteiger partial charge in [0.2, 0.25) is 0 Å². The summed E-state index contributed by atoms with van der Waals surface area (Å²) in [6.45, 7) is 0.277. The highest BCUT2D eigenvalue weighted by Gasteiger charge is 2.09. The highest BCUT2D eigenvalue weighted by atomic mass is 79.9. The third kappa shape index (κ3) is 3.11. The summed E-state index contributed by atoms with van der Waals surface area (Å²) in [7, 11) is 0. The normalized spacial score (nSPS) is 10.4. The van der Waals surface area contributed by atoms with Crippen molar-refractivity contribution in [3.05, 3.63) is 38.5 Å². The van der Waals surface area contributed by atoms with Gasteiger partial charge in [-0.05, 0) is 22.0 Å². The second kappa shape index (κ2) is 5.83. The van der Waals surface area contributed by atoms with Gasteiger partial charge in [0.15, 0.2) is 5.13 Å². The topological polar surface area (TPSA) is 60.2 Å². The van der Waals surface area contributed by atoms with Gasteiger partial charge in [-0.3, -0.25) is 5.43 Å². The number of benzene rings is 1. The maximum absolute atomic E-state index is 13.3. The zero-order chi connectivity index (χ0) is 13.1. The second-order valence-electron chi connectivity index (χ2n) is 3.26. The van der Waals surface area contributed by atoms with Crippen molar-refractivity contribution in [1.82, 2.24) is 4.98 Å². The maximum atomic E-state index is 13.3. The highest BCUT2D eigenvalue weighted by molar-refractivity contribution is 9.10. The van der Waals surface area contributed by atoms with E-state index in [1.807, 2.05) is 0 Å². The van der Waals surface area contributed by atoms with Crippen LogP contribution in [0.1, 0.15) is 4.88 Å². The zero-order valence-corrected chi connectivity index (χ0v) is 12.1. The summed E-state index contributed by atoms with van der Waals surface area (Å²) < 4.78 is 19.3. The highest BCUT2D eigenvalue weighted by Crippen LogP contribution is 2.31. The average Bonchev–Trinajstić information content (AvgIpc) is 2.80. The lowest BCUT2D eigenvalue weighted by Crippen LogP contribution is -2.05. The van der Waals surface area contributed by atoms with Gasteiger partial charge in [-0.25, -0.2) is 15.2 Å². The predicted octanol–water partition coefficient (Wildman–Crippen LogP) is 3.56. The van der Waals surface area contributed by atoms with Gasteiger partial charge in [0.1, 0.15) is 18.2 Å². The number of hydrogen-bond donors (Lipinski definition) is 2. The fourth-order valence-electron chi connectivity index (χ4n) is 1.20. The average molecular weight is 353 g/mol. The van der Waals surface area contributed by atoms with Crippen molar-refractivity contribution in [2.75, 3.05) is 5.43 Å². The molecule has 4 nitrogen and oxygen atoms in total. The third-order valence-corrected chi connectivity index (χ3v) is 3.83. The number of nitrogen functional groups attached to an aromatic ring is 1. The largest absolute Gasteiger partial charge is 0.487 e. The van der Waals surface area contributed by atoms with E-state index in [0.717, 1.165) is 4.88 Å². The van der Waals surface area contributed by atoms with Crippen LogP contribution in [-0.4, -0.2) is 4.98 Å². The fraction of sp³-hybridized carbons (Fsp3) is 0.100. The van der Waals surface area contributed by atoms with E-state index in [9.17, 15) is 4.39 Å². The number of rotatable bonds is 4. The third-order valence-electron chi connectivity index (χ3n) is 2.02. The number of nitrogens with zero attached hydrogens (tertiary/aromatic N) is 1. The van der Waals surface area contributed by atoms with E-state index in [0.29, 0.717) is 15.4 Å². The molecule has 0 radical (unpaired) electrons. The van der Waals surface area contributed by atoms with Crippen LogP contribution in [0.25, 0.3) is 0 Å². The van der Waals surface area contributed by atoms with Gasteiger partial charge in [0, 0.05) is 12.3 Å². The van der Waals surface area contributed by atoms with Crippen molar-refractivity contribution in [2.24, 2.45) is 5.84 Å². The molecule has 0 aliphatic rings. The Balaban J connectivity index is 2.08. The Morgan fingerprint density at radius 1 is 1.56 bits per heavy atom. The van der Waals surface area contributed by atoms with E-state index >= 15 is 0 Å². The van der Waals surface area contributed by atoms with Crippen molar-refractivity contribution in [2.45, 2.75) is 6.61 Å². The molecule has 0 amide bonds. The molecule has 0 unspecified atom stereocenters. The van der Waals surface area contributed by atoms with Crippen LogP contribution in [0.5, 0.6) is 5.75 Å². The summed E-state index contributed by atoms with van der Waals surface area (Å²) >= 11 is 10.2. The van der Waals surface area contributed by atoms with Gasteiger partial charge in [0.05, 0.1) is 14.4 Å². The number of thiazole rings is 1. The monoisotopic (exact) mass is 351 g/mol. The molecule has 0 aliphatic carbocycles. The van der Waals surface area contributed by atoms with Crippen molar-refractivity contribution >= 4 is 44.0 Å². The number of nitrogens with two attached hydrogens (primary N) is 1. The molecular formula is C10H8BrClFN3OS. The molecule has 96 valence electrons. The molecule has 0 saturated heterocycles. The lowest BCUT2D eigenvalue weighted by molar-refractivity contribution is 0.306. The van der Waals surface area contributed by atoms with E-state index in [4.69, 9.17) is 22.2 Å². The molecule has 0 bridgehead atoms. The summed E-state index contributed by atoms with van der Waals surface area (Å²) in [6, 6.07) is 2.68. The second-order valence-corrected chi connectivity index (χ2v) is 5.64. The first-order chi connectivity index (χ1) is 8.60. The van der Waals surface area contributed by atoms with Crippen LogP contribution in [0.15, 0.2) is 22.8 Å². The molecule has 2 rings (SSSR count). The van der Waals surface area contributed by atoms with E-state index in [-0.39, 0.29) is 11.6 Å². The number of anilines is 1. The number of halogens is 3. The molecule has 1 aromatic heterocycles. The minimum Gasteiger partial charge on any atom is -0.487 e. The Bertz CT molecular complexity index is 566. The molecule has 2 aromatic rings. The first kappa shape index (κ1) is 13.5. The smallest absolute Gasteiger partial charge is 0.197 e. The molecule has 0 saturated carbocycles. The molecule has 18 heavy (non-hydrogen) atoms. The Morgan fingerprint density at radius 2 is 2.33 bits per heavy atom. The van der Waals surface area contributed by atoms with Crippen LogP contribution >= 0.6 is 38.9 Å². The van der Waals surface area contributed by atoms with Crippen LogP contribution in [0.2, 0.25) is 5.02 Å². The van der Waals surface area contributed by atoms with Crippen LogP contribution in [0.4, 0.5) is 9.52 Å². The molecule has 1 aromatic carbocycles. The predicted molar refractivity (Wildman–Crippen MR) is 73.4 cm³/mol. The van der Waals surface area contributed by atoms with Crippen molar-refractivity contribution in [3.8, 4) is 5.75 Å². The zero-order valence-electron chi connectivity index (χ0n) is 8.91. The first-order valence-corrected chi connectivity index (χ1v) is 6.77. The molecule has 0 fully saturated rings. The molecular weight excluding hydrogens is 345 g/mol. The number of ether oxygens (including phenoxy) is 1. The van der Waals surface area contributed by atoms with Crippen LogP contribution in [0, 0.1) is 5.82 Å². The number of nitrogens with one attached hydrogen (secondary N) is 1. The molecule has 0 aliphatic heterocycles. The quantitative estimate of drug-likeness (QED) is 0.502. The van der Waals surface area contributed by atoms with Gasteiger partial charge in [-0.2, -0.15) is 0 Å². The molecule has 3 N–H and O–H groups in total. The van der Waals surface area contributed by atoms with Crippen molar-refractivity contribution in [1.29, 1.82) is 0 Å². The minimum absolute atomic E-state index is 0.0432. The van der Waals surface area contributed by atoms with Crippen LogP contribution < -0.4 is 16.0 Å². The van der Waals surface area contributed by atoms with Gasteiger partial charge in [-0.15, -0.1) is 0 Å². The van der Waals surface area contributed by atoms with Gasteiger partial charge >= 0.3 is 0 Å². The summed E-state index contributed by atoms with van der Waals surface area (Å²) in [5.74, 6) is 5.07. The van der Waals surface area contributed by atoms with Gasteiger partial charge < -0.3 is 4.74 Å². The maximum Gasteiger partial charge on any atom is 0.197 e. The minimum atomic E-state index is -0.525. The summed E-state index contributed by atoms with van der Waals surface area (Å²) in [5.41, 5.74) is 2.44. The Morgan fingerprint density at radius 3 is 3.00 bits per heavy atom. The van der Waals surface area contributed by atoms with Crippen LogP contribution in [0.3, 0.4) is 0 Å². The van der Waals surface area contributed by atoms with E-state index in [1.165, 1.54) is 23.5 Å². The molecule has 1 heterocycles. The van der Waals surface area contributed by atoms with E-state index in [1.54, 1.807) is 6.20 Å². The Labute approximate surface area is 120 Å². The van der Waals surface area contributed by atoms with Crippen molar-refractivity contribution < 1.29 is 9.13 Å². The first-order valence-electron chi connectivity index (χ1n) is 4.79. The Hall–Kier alpha value is -0.890. The van der Waals surface area contributed by atoms with Gasteiger partial charge in [0.25, 0.3) is 0 Å². The van der Waals surface area contributed by atoms with Gasteiger partial charge in [-0.1, -0.05) is 22.9 Å². The van der Waals surface area contributed by atoms with Crippen molar-refractivity contribution in [3.63, 3.8) is 0 Å². The Kier molecular flexibility index (Phi) is 4.39.